The molecule has 0 saturated carbocycles. The average Bonchev–Trinajstić information content (AvgIpc) is 3.13. The number of halogens is 1. The van der Waals surface area contributed by atoms with Gasteiger partial charge in [-0.2, -0.15) is 0 Å². The second-order valence-corrected chi connectivity index (χ2v) is 7.64. The summed E-state index contributed by atoms with van der Waals surface area (Å²) in [5, 5.41) is 8.47. The van der Waals surface area contributed by atoms with Gasteiger partial charge in [0, 0.05) is 23.3 Å². The second kappa shape index (κ2) is 8.72. The molecule has 10 heteroatoms. The number of carbonyl (C=O) groups excluding carboxylic acids is 4. The van der Waals surface area contributed by atoms with Crippen LogP contribution in [0.15, 0.2) is 59.8 Å². The number of ether oxygens (including phenoxy) is 1. The number of urea groups is 1. The Hall–Kier alpha value is -3.85. The van der Waals surface area contributed by atoms with E-state index in [2.05, 4.69) is 16.0 Å². The zero-order chi connectivity index (χ0) is 22.8. The molecule has 1 atom stereocenters. The fraction of sp³-hybridized carbons (Fsp3) is 0.182. The fourth-order valence-electron chi connectivity index (χ4n) is 3.61. The minimum atomic E-state index is -0.762. The highest BCUT2D eigenvalue weighted by atomic mass is 35.5. The highest BCUT2D eigenvalue weighted by Gasteiger charge is 2.43. The Balaban J connectivity index is 1.52. The number of amides is 4. The molecule has 2 aliphatic rings. The number of hydrogen-bond donors (Lipinski definition) is 3. The predicted octanol–water partition coefficient (Wildman–Crippen LogP) is 2.81. The maximum Gasteiger partial charge on any atom is 0.338 e. The Bertz CT molecular complexity index is 1150. The van der Waals surface area contributed by atoms with Crippen LogP contribution in [0.3, 0.4) is 0 Å². The topological polar surface area (TPSA) is 117 Å². The Morgan fingerprint density at radius 3 is 2.41 bits per heavy atom. The van der Waals surface area contributed by atoms with Crippen LogP contribution in [0.4, 0.5) is 16.2 Å². The van der Waals surface area contributed by atoms with Gasteiger partial charge in [-0.3, -0.25) is 14.5 Å². The lowest BCUT2D eigenvalue weighted by Crippen LogP contribution is -2.49. The summed E-state index contributed by atoms with van der Waals surface area (Å²) >= 11 is 6.27. The van der Waals surface area contributed by atoms with Gasteiger partial charge in [0.15, 0.2) is 0 Å². The van der Waals surface area contributed by atoms with Crippen molar-refractivity contribution in [1.29, 1.82) is 0 Å². The molecule has 0 spiro atoms. The molecule has 32 heavy (non-hydrogen) atoms. The van der Waals surface area contributed by atoms with E-state index in [0.29, 0.717) is 27.7 Å². The number of nitrogens with zero attached hydrogens (tertiary/aromatic N) is 1. The molecule has 164 valence electrons. The van der Waals surface area contributed by atoms with Crippen LogP contribution in [0.2, 0.25) is 5.02 Å². The number of hydrogen-bond acceptors (Lipinski definition) is 5. The van der Waals surface area contributed by atoms with E-state index in [1.54, 1.807) is 48.5 Å². The summed E-state index contributed by atoms with van der Waals surface area (Å²) in [5.41, 5.74) is 2.23. The van der Waals surface area contributed by atoms with Crippen molar-refractivity contribution in [3.8, 4) is 0 Å². The van der Waals surface area contributed by atoms with Crippen LogP contribution < -0.4 is 16.0 Å². The quantitative estimate of drug-likeness (QED) is 0.600. The second-order valence-electron chi connectivity index (χ2n) is 7.23. The van der Waals surface area contributed by atoms with Gasteiger partial charge in [0.25, 0.3) is 0 Å². The molecule has 1 unspecified atom stereocenters. The molecule has 0 aromatic heterocycles. The van der Waals surface area contributed by atoms with Gasteiger partial charge in [-0.05, 0) is 35.9 Å². The highest BCUT2D eigenvalue weighted by molar-refractivity contribution is 6.31. The first-order chi connectivity index (χ1) is 15.3. The van der Waals surface area contributed by atoms with Crippen molar-refractivity contribution in [2.75, 3.05) is 23.8 Å². The lowest BCUT2D eigenvalue weighted by atomic mass is 9.95. The molecule has 2 aromatic carbocycles. The molecule has 2 heterocycles. The lowest BCUT2D eigenvalue weighted by molar-refractivity contribution is -0.136. The van der Waals surface area contributed by atoms with Gasteiger partial charge in [-0.15, -0.1) is 0 Å². The molecular weight excluding hydrogens is 436 g/mol. The normalized spacial score (nSPS) is 17.4. The Morgan fingerprint density at radius 1 is 1.09 bits per heavy atom. The van der Waals surface area contributed by atoms with Crippen LogP contribution in [-0.2, 0) is 19.1 Å². The molecule has 0 bridgehead atoms. The highest BCUT2D eigenvalue weighted by Crippen LogP contribution is 2.37. The molecule has 0 saturated heterocycles. The minimum absolute atomic E-state index is 0.110. The van der Waals surface area contributed by atoms with Crippen molar-refractivity contribution < 1.29 is 23.9 Å². The van der Waals surface area contributed by atoms with Gasteiger partial charge in [-0.1, -0.05) is 29.8 Å². The Labute approximate surface area is 188 Å². The molecule has 4 rings (SSSR count). The van der Waals surface area contributed by atoms with E-state index in [0.717, 1.165) is 0 Å². The van der Waals surface area contributed by atoms with Crippen molar-refractivity contribution in [2.24, 2.45) is 0 Å². The summed E-state index contributed by atoms with van der Waals surface area (Å²) in [6.07, 6.45) is 0. The fourth-order valence-corrected chi connectivity index (χ4v) is 3.85. The number of rotatable bonds is 5. The summed E-state index contributed by atoms with van der Waals surface area (Å²) < 4.78 is 5.16. The molecular formula is C22H19ClN4O5. The third kappa shape index (κ3) is 4.28. The van der Waals surface area contributed by atoms with Crippen molar-refractivity contribution >= 4 is 46.8 Å². The molecule has 3 N–H and O–H groups in total. The average molecular weight is 455 g/mol. The standard InChI is InChI=1S/C22H19ClN4O5/c1-12(28)24-13-6-8-14(9-7-13)25-18(29)10-27-17-11-32-21(30)19(17)20(26-22(27)31)15-4-2-3-5-16(15)23/h2-9,20H,10-11H2,1H3,(H,24,28)(H,25,29)(H,26,31). The molecule has 2 aliphatic heterocycles. The zero-order valence-corrected chi connectivity index (χ0v) is 17.7. The van der Waals surface area contributed by atoms with Crippen molar-refractivity contribution in [3.05, 3.63) is 70.4 Å². The maximum absolute atomic E-state index is 12.8. The van der Waals surface area contributed by atoms with E-state index >= 15 is 0 Å². The number of cyclic esters (lactones) is 1. The number of carbonyl (C=O) groups is 4. The number of nitrogens with one attached hydrogen (secondary N) is 3. The molecule has 2 aromatic rings. The van der Waals surface area contributed by atoms with Crippen molar-refractivity contribution in [1.82, 2.24) is 10.2 Å². The third-order valence-electron chi connectivity index (χ3n) is 5.01. The first-order valence-corrected chi connectivity index (χ1v) is 10.1. The van der Waals surface area contributed by atoms with E-state index < -0.39 is 23.9 Å². The smallest absolute Gasteiger partial charge is 0.338 e. The van der Waals surface area contributed by atoms with E-state index in [-0.39, 0.29) is 24.6 Å². The zero-order valence-electron chi connectivity index (χ0n) is 17.0. The summed E-state index contributed by atoms with van der Waals surface area (Å²) in [4.78, 5) is 50.1. The summed E-state index contributed by atoms with van der Waals surface area (Å²) in [5.74, 6) is -1.23. The van der Waals surface area contributed by atoms with Gasteiger partial charge < -0.3 is 20.7 Å². The first kappa shape index (κ1) is 21.4. The maximum atomic E-state index is 12.8. The van der Waals surface area contributed by atoms with Gasteiger partial charge in [0.05, 0.1) is 17.3 Å². The van der Waals surface area contributed by atoms with Crippen LogP contribution in [0.1, 0.15) is 18.5 Å². The van der Waals surface area contributed by atoms with E-state index in [1.165, 1.54) is 11.8 Å². The molecule has 0 aliphatic carbocycles. The largest absolute Gasteiger partial charge is 0.456 e. The molecule has 0 fully saturated rings. The number of benzene rings is 2. The van der Waals surface area contributed by atoms with Gasteiger partial charge >= 0.3 is 12.0 Å². The molecule has 0 radical (unpaired) electrons. The molecule has 4 amide bonds. The Kier molecular flexibility index (Phi) is 5.83. The van der Waals surface area contributed by atoms with E-state index in [4.69, 9.17) is 16.3 Å². The van der Waals surface area contributed by atoms with Crippen LogP contribution in [0.5, 0.6) is 0 Å². The third-order valence-corrected chi connectivity index (χ3v) is 5.35. The van der Waals surface area contributed by atoms with E-state index in [1.807, 2.05) is 0 Å². The van der Waals surface area contributed by atoms with Crippen LogP contribution in [0, 0.1) is 0 Å². The summed E-state index contributed by atoms with van der Waals surface area (Å²) in [6.45, 7) is 0.974. The Morgan fingerprint density at radius 2 is 1.75 bits per heavy atom. The lowest BCUT2D eigenvalue weighted by Gasteiger charge is -2.32. The van der Waals surface area contributed by atoms with Crippen LogP contribution in [-0.4, -0.2) is 41.9 Å². The van der Waals surface area contributed by atoms with Crippen LogP contribution in [0.25, 0.3) is 0 Å². The van der Waals surface area contributed by atoms with Crippen molar-refractivity contribution in [3.63, 3.8) is 0 Å². The van der Waals surface area contributed by atoms with Gasteiger partial charge in [0.1, 0.15) is 13.2 Å². The van der Waals surface area contributed by atoms with Gasteiger partial charge in [0.2, 0.25) is 11.8 Å². The number of anilines is 2. The van der Waals surface area contributed by atoms with E-state index in [9.17, 15) is 19.2 Å². The first-order valence-electron chi connectivity index (χ1n) is 9.73. The summed E-state index contributed by atoms with van der Waals surface area (Å²) in [7, 11) is 0. The van der Waals surface area contributed by atoms with Crippen LogP contribution >= 0.6 is 11.6 Å². The monoisotopic (exact) mass is 454 g/mol. The van der Waals surface area contributed by atoms with Crippen molar-refractivity contribution in [2.45, 2.75) is 13.0 Å². The summed E-state index contributed by atoms with van der Waals surface area (Å²) in [6, 6.07) is 12.1. The predicted molar refractivity (Wildman–Crippen MR) is 117 cm³/mol. The SMILES string of the molecule is CC(=O)Nc1ccc(NC(=O)CN2C(=O)NC(c3ccccc3Cl)C3=C2COC3=O)cc1. The van der Waals surface area contributed by atoms with Gasteiger partial charge in [-0.25, -0.2) is 9.59 Å². The minimum Gasteiger partial charge on any atom is -0.456 e. The molecule has 9 nitrogen and oxygen atoms in total. The number of esters is 1.